The van der Waals surface area contributed by atoms with Crippen molar-refractivity contribution in [2.24, 2.45) is 23.5 Å². The minimum atomic E-state index is -0.310. The highest BCUT2D eigenvalue weighted by Gasteiger charge is 2.29. The van der Waals surface area contributed by atoms with Crippen molar-refractivity contribution in [2.45, 2.75) is 53.0 Å². The van der Waals surface area contributed by atoms with Crippen molar-refractivity contribution in [3.8, 4) is 0 Å². The van der Waals surface area contributed by atoms with Crippen molar-refractivity contribution >= 4 is 5.91 Å². The third-order valence-electron chi connectivity index (χ3n) is 4.34. The lowest BCUT2D eigenvalue weighted by atomic mass is 9.86. The van der Waals surface area contributed by atoms with Crippen LogP contribution in [-0.2, 0) is 4.79 Å². The zero-order chi connectivity index (χ0) is 13.0. The molecule has 1 fully saturated rings. The van der Waals surface area contributed by atoms with Crippen molar-refractivity contribution in [1.29, 1.82) is 0 Å². The van der Waals surface area contributed by atoms with Crippen molar-refractivity contribution in [1.82, 2.24) is 4.90 Å². The second-order valence-electron chi connectivity index (χ2n) is 5.82. The Hall–Kier alpha value is -0.570. The van der Waals surface area contributed by atoms with Crippen LogP contribution < -0.4 is 5.73 Å². The largest absolute Gasteiger partial charge is 0.341 e. The van der Waals surface area contributed by atoms with Gasteiger partial charge in [0.15, 0.2) is 0 Å². The Morgan fingerprint density at radius 2 is 1.82 bits per heavy atom. The molecule has 0 unspecified atom stereocenters. The number of hydrogen-bond donors (Lipinski definition) is 1. The van der Waals surface area contributed by atoms with Gasteiger partial charge in [0.2, 0.25) is 5.91 Å². The molecule has 100 valence electrons. The number of likely N-dealkylation sites (tertiary alicyclic amines) is 1. The van der Waals surface area contributed by atoms with Crippen LogP contribution >= 0.6 is 0 Å². The molecule has 0 aliphatic carbocycles. The molecule has 1 rings (SSSR count). The molecule has 2 N–H and O–H groups in total. The monoisotopic (exact) mass is 240 g/mol. The molecule has 0 spiro atoms. The van der Waals surface area contributed by atoms with E-state index in [1.54, 1.807) is 0 Å². The molecule has 0 aromatic carbocycles. The predicted octanol–water partition coefficient (Wildman–Crippen LogP) is 2.25. The molecule has 1 aliphatic heterocycles. The number of rotatable bonds is 4. The Labute approximate surface area is 106 Å². The van der Waals surface area contributed by atoms with Gasteiger partial charge in [-0.15, -0.1) is 0 Å². The van der Waals surface area contributed by atoms with Gasteiger partial charge in [-0.1, -0.05) is 34.1 Å². The fraction of sp³-hybridized carbons (Fsp3) is 0.929. The maximum atomic E-state index is 12.2. The Kier molecular flexibility index (Phi) is 5.44. The summed E-state index contributed by atoms with van der Waals surface area (Å²) in [6.45, 7) is 10.5. The predicted molar refractivity (Wildman–Crippen MR) is 71.6 cm³/mol. The first-order chi connectivity index (χ1) is 7.97. The normalized spacial score (nSPS) is 21.6. The number of carbonyl (C=O) groups excluding carboxylic acids is 1. The minimum absolute atomic E-state index is 0.154. The number of carbonyl (C=O) groups is 1. The molecular weight excluding hydrogens is 212 g/mol. The molecule has 0 aromatic heterocycles. The van der Waals surface area contributed by atoms with E-state index in [-0.39, 0.29) is 17.9 Å². The van der Waals surface area contributed by atoms with Gasteiger partial charge in [-0.3, -0.25) is 4.79 Å². The third-order valence-corrected chi connectivity index (χ3v) is 4.34. The summed E-state index contributed by atoms with van der Waals surface area (Å²) in [5, 5.41) is 0. The van der Waals surface area contributed by atoms with Crippen LogP contribution in [0.15, 0.2) is 0 Å². The van der Waals surface area contributed by atoms with Crippen molar-refractivity contribution in [2.75, 3.05) is 13.1 Å². The first kappa shape index (κ1) is 14.5. The topological polar surface area (TPSA) is 46.3 Å². The maximum Gasteiger partial charge on any atom is 0.239 e. The summed E-state index contributed by atoms with van der Waals surface area (Å²) in [6, 6.07) is -0.310. The van der Waals surface area contributed by atoms with Gasteiger partial charge >= 0.3 is 0 Å². The smallest absolute Gasteiger partial charge is 0.239 e. The molecule has 17 heavy (non-hydrogen) atoms. The second kappa shape index (κ2) is 6.39. The number of nitrogens with two attached hydrogens (primary N) is 1. The molecule has 0 aromatic rings. The summed E-state index contributed by atoms with van der Waals surface area (Å²) in [7, 11) is 0. The average Bonchev–Trinajstić information content (AvgIpc) is 2.36. The lowest BCUT2D eigenvalue weighted by Gasteiger charge is -2.36. The standard InChI is InChI=1S/C14H28N2O/c1-5-11(4)13(15)14(17)16-8-6-12(7-9-16)10(2)3/h10-13H,5-9,15H2,1-4H3/t11-,13-/m0/s1. The summed E-state index contributed by atoms with van der Waals surface area (Å²) in [4.78, 5) is 14.1. The van der Waals surface area contributed by atoms with Gasteiger partial charge in [0.05, 0.1) is 6.04 Å². The van der Waals surface area contributed by atoms with Gasteiger partial charge in [-0.2, -0.15) is 0 Å². The van der Waals surface area contributed by atoms with Gasteiger partial charge in [-0.25, -0.2) is 0 Å². The molecule has 3 heteroatoms. The SMILES string of the molecule is CC[C@H](C)[C@H](N)C(=O)N1CCC(C(C)C)CC1. The van der Waals surface area contributed by atoms with Crippen LogP contribution in [0.2, 0.25) is 0 Å². The van der Waals surface area contributed by atoms with Crippen LogP contribution in [-0.4, -0.2) is 29.9 Å². The van der Waals surface area contributed by atoms with E-state index in [9.17, 15) is 4.79 Å². The Bertz CT molecular complexity index is 245. The first-order valence-electron chi connectivity index (χ1n) is 7.01. The Balaban J connectivity index is 2.46. The van der Waals surface area contributed by atoms with E-state index < -0.39 is 0 Å². The quantitative estimate of drug-likeness (QED) is 0.819. The summed E-state index contributed by atoms with van der Waals surface area (Å²) in [5.74, 6) is 1.95. The average molecular weight is 240 g/mol. The van der Waals surface area contributed by atoms with Crippen LogP contribution in [0, 0.1) is 17.8 Å². The summed E-state index contributed by atoms with van der Waals surface area (Å²) in [5.41, 5.74) is 6.01. The van der Waals surface area contributed by atoms with Gasteiger partial charge in [-0.05, 0) is 30.6 Å². The van der Waals surface area contributed by atoms with E-state index in [4.69, 9.17) is 5.73 Å². The maximum absolute atomic E-state index is 12.2. The highest BCUT2D eigenvalue weighted by molar-refractivity contribution is 5.82. The van der Waals surface area contributed by atoms with Gasteiger partial charge in [0, 0.05) is 13.1 Å². The van der Waals surface area contributed by atoms with E-state index in [1.165, 1.54) is 0 Å². The zero-order valence-corrected chi connectivity index (χ0v) is 11.8. The van der Waals surface area contributed by atoms with Crippen LogP contribution in [0.1, 0.15) is 47.0 Å². The van der Waals surface area contributed by atoms with E-state index >= 15 is 0 Å². The molecule has 1 heterocycles. The van der Waals surface area contributed by atoms with Crippen molar-refractivity contribution < 1.29 is 4.79 Å². The van der Waals surface area contributed by atoms with E-state index in [1.807, 2.05) is 4.90 Å². The second-order valence-corrected chi connectivity index (χ2v) is 5.82. The zero-order valence-electron chi connectivity index (χ0n) is 11.8. The number of nitrogens with zero attached hydrogens (tertiary/aromatic N) is 1. The molecule has 0 radical (unpaired) electrons. The fourth-order valence-electron chi connectivity index (χ4n) is 2.49. The Morgan fingerprint density at radius 1 is 1.29 bits per heavy atom. The van der Waals surface area contributed by atoms with Gasteiger partial charge in [0.1, 0.15) is 0 Å². The molecule has 1 amide bonds. The van der Waals surface area contributed by atoms with Crippen molar-refractivity contribution in [3.05, 3.63) is 0 Å². The van der Waals surface area contributed by atoms with Gasteiger partial charge < -0.3 is 10.6 Å². The first-order valence-corrected chi connectivity index (χ1v) is 7.01. The molecule has 3 nitrogen and oxygen atoms in total. The van der Waals surface area contributed by atoms with Gasteiger partial charge in [0.25, 0.3) is 0 Å². The number of amides is 1. The van der Waals surface area contributed by atoms with E-state index in [2.05, 4.69) is 27.7 Å². The lowest BCUT2D eigenvalue weighted by molar-refractivity contribution is -0.135. The van der Waals surface area contributed by atoms with Crippen LogP contribution in [0.5, 0.6) is 0 Å². The molecular formula is C14H28N2O. The summed E-state index contributed by atoms with van der Waals surface area (Å²) < 4.78 is 0. The lowest BCUT2D eigenvalue weighted by Crippen LogP contribution is -2.50. The van der Waals surface area contributed by atoms with Crippen molar-refractivity contribution in [3.63, 3.8) is 0 Å². The third kappa shape index (κ3) is 3.70. The highest BCUT2D eigenvalue weighted by Crippen LogP contribution is 2.25. The molecule has 0 saturated carbocycles. The molecule has 2 atom stereocenters. The van der Waals surface area contributed by atoms with E-state index in [0.29, 0.717) is 0 Å². The summed E-state index contributed by atoms with van der Waals surface area (Å²) >= 11 is 0. The number of hydrogen-bond acceptors (Lipinski definition) is 2. The Morgan fingerprint density at radius 3 is 2.24 bits per heavy atom. The summed E-state index contributed by atoms with van der Waals surface area (Å²) in [6.07, 6.45) is 3.24. The fourth-order valence-corrected chi connectivity index (χ4v) is 2.49. The van der Waals surface area contributed by atoms with Crippen LogP contribution in [0.3, 0.4) is 0 Å². The number of piperidine rings is 1. The molecule has 1 saturated heterocycles. The minimum Gasteiger partial charge on any atom is -0.341 e. The highest BCUT2D eigenvalue weighted by atomic mass is 16.2. The van der Waals surface area contributed by atoms with Crippen LogP contribution in [0.4, 0.5) is 0 Å². The van der Waals surface area contributed by atoms with E-state index in [0.717, 1.165) is 44.2 Å². The molecule has 1 aliphatic rings. The molecule has 0 bridgehead atoms. The van der Waals surface area contributed by atoms with Crippen LogP contribution in [0.25, 0.3) is 0 Å².